The van der Waals surface area contributed by atoms with Gasteiger partial charge in [-0.3, -0.25) is 9.59 Å². The summed E-state index contributed by atoms with van der Waals surface area (Å²) in [6.45, 7) is 2.32. The molecule has 0 unspecified atom stereocenters. The van der Waals surface area contributed by atoms with Crippen LogP contribution in [0.25, 0.3) is 0 Å². The van der Waals surface area contributed by atoms with Gasteiger partial charge in [0.2, 0.25) is 11.8 Å². The molecule has 0 radical (unpaired) electrons. The molecule has 1 aromatic heterocycles. The van der Waals surface area contributed by atoms with Gasteiger partial charge in [0.25, 0.3) is 0 Å². The predicted octanol–water partition coefficient (Wildman–Crippen LogP) is 1.03. The quantitative estimate of drug-likeness (QED) is 0.694. The number of rotatable bonds is 8. The van der Waals surface area contributed by atoms with E-state index >= 15 is 0 Å². The lowest BCUT2D eigenvalue weighted by molar-refractivity contribution is -0.120. The minimum atomic E-state index is -0.374. The summed E-state index contributed by atoms with van der Waals surface area (Å²) in [5.74, 6) is 0.236. The Kier molecular flexibility index (Phi) is 6.36. The molecule has 0 aliphatic carbocycles. The SMILES string of the molecule is C[C@H](Sc1nnc(CCC(N)=O)n1C)C(=O)NCc1ccccc1. The number of primary amides is 1. The van der Waals surface area contributed by atoms with Gasteiger partial charge in [0.1, 0.15) is 5.82 Å². The molecule has 128 valence electrons. The molecule has 2 amide bonds. The summed E-state index contributed by atoms with van der Waals surface area (Å²) in [6.07, 6.45) is 0.664. The number of hydrogen-bond acceptors (Lipinski definition) is 5. The molecule has 24 heavy (non-hydrogen) atoms. The number of carbonyl (C=O) groups is 2. The smallest absolute Gasteiger partial charge is 0.233 e. The van der Waals surface area contributed by atoms with E-state index in [9.17, 15) is 9.59 Å². The standard InChI is InChI=1S/C16H21N5O2S/c1-11(15(23)18-10-12-6-4-3-5-7-12)24-16-20-19-14(21(16)2)9-8-13(17)22/h3-7,11H,8-10H2,1-2H3,(H2,17,22)(H,18,23)/t11-/m0/s1. The highest BCUT2D eigenvalue weighted by atomic mass is 32.2. The first kappa shape index (κ1) is 18.0. The van der Waals surface area contributed by atoms with Gasteiger partial charge in [-0.1, -0.05) is 42.1 Å². The van der Waals surface area contributed by atoms with E-state index in [0.29, 0.717) is 23.9 Å². The number of hydrogen-bond donors (Lipinski definition) is 2. The van der Waals surface area contributed by atoms with Gasteiger partial charge < -0.3 is 15.6 Å². The number of thioether (sulfide) groups is 1. The summed E-state index contributed by atoms with van der Waals surface area (Å²) in [7, 11) is 1.81. The summed E-state index contributed by atoms with van der Waals surface area (Å²) in [6, 6.07) is 9.74. The molecule has 0 bridgehead atoms. The van der Waals surface area contributed by atoms with Gasteiger partial charge in [0.05, 0.1) is 5.25 Å². The average Bonchev–Trinajstić information content (AvgIpc) is 2.91. The zero-order valence-electron chi connectivity index (χ0n) is 13.7. The van der Waals surface area contributed by atoms with E-state index in [1.54, 1.807) is 4.57 Å². The van der Waals surface area contributed by atoms with Gasteiger partial charge in [0.15, 0.2) is 5.16 Å². The molecule has 0 spiro atoms. The largest absolute Gasteiger partial charge is 0.370 e. The number of carbonyl (C=O) groups excluding carboxylic acids is 2. The monoisotopic (exact) mass is 347 g/mol. The highest BCUT2D eigenvalue weighted by Gasteiger charge is 2.18. The average molecular weight is 347 g/mol. The molecule has 0 saturated heterocycles. The van der Waals surface area contributed by atoms with Crippen molar-refractivity contribution in [1.82, 2.24) is 20.1 Å². The van der Waals surface area contributed by atoms with Crippen molar-refractivity contribution in [2.45, 2.75) is 36.7 Å². The van der Waals surface area contributed by atoms with Crippen LogP contribution in [0.4, 0.5) is 0 Å². The Balaban J connectivity index is 1.88. The van der Waals surface area contributed by atoms with E-state index in [1.807, 2.05) is 44.3 Å². The van der Waals surface area contributed by atoms with Crippen LogP contribution in [-0.2, 0) is 29.6 Å². The summed E-state index contributed by atoms with van der Waals surface area (Å²) >= 11 is 1.33. The Morgan fingerprint density at radius 2 is 2.00 bits per heavy atom. The van der Waals surface area contributed by atoms with Crippen molar-refractivity contribution in [2.75, 3.05) is 0 Å². The molecule has 0 fully saturated rings. The first-order valence-corrected chi connectivity index (χ1v) is 8.50. The van der Waals surface area contributed by atoms with Crippen molar-refractivity contribution in [3.05, 3.63) is 41.7 Å². The Bertz CT molecular complexity index is 702. The lowest BCUT2D eigenvalue weighted by Gasteiger charge is -2.11. The fourth-order valence-corrected chi connectivity index (χ4v) is 2.90. The maximum absolute atomic E-state index is 12.2. The second-order valence-corrected chi connectivity index (χ2v) is 6.70. The Morgan fingerprint density at radius 3 is 2.67 bits per heavy atom. The molecule has 1 aromatic carbocycles. The molecule has 7 nitrogen and oxygen atoms in total. The molecule has 3 N–H and O–H groups in total. The maximum atomic E-state index is 12.2. The van der Waals surface area contributed by atoms with E-state index in [-0.39, 0.29) is 23.5 Å². The van der Waals surface area contributed by atoms with Crippen LogP contribution in [0.1, 0.15) is 24.7 Å². The molecule has 8 heteroatoms. The van der Waals surface area contributed by atoms with Crippen LogP contribution in [0.15, 0.2) is 35.5 Å². The minimum absolute atomic E-state index is 0.0643. The van der Waals surface area contributed by atoms with Crippen molar-refractivity contribution in [3.63, 3.8) is 0 Å². The summed E-state index contributed by atoms with van der Waals surface area (Å²) in [4.78, 5) is 23.1. The van der Waals surface area contributed by atoms with E-state index < -0.39 is 0 Å². The summed E-state index contributed by atoms with van der Waals surface area (Å²) < 4.78 is 1.79. The lowest BCUT2D eigenvalue weighted by atomic mass is 10.2. The fourth-order valence-electron chi connectivity index (χ4n) is 2.04. The van der Waals surface area contributed by atoms with Crippen molar-refractivity contribution in [3.8, 4) is 0 Å². The zero-order valence-corrected chi connectivity index (χ0v) is 14.5. The van der Waals surface area contributed by atoms with Crippen LogP contribution in [0.5, 0.6) is 0 Å². The number of benzene rings is 1. The third-order valence-electron chi connectivity index (χ3n) is 3.48. The third kappa shape index (κ3) is 5.09. The number of aromatic nitrogens is 3. The summed E-state index contributed by atoms with van der Waals surface area (Å²) in [5.41, 5.74) is 6.20. The van der Waals surface area contributed by atoms with Gasteiger partial charge in [-0.25, -0.2) is 0 Å². The van der Waals surface area contributed by atoms with Crippen molar-refractivity contribution in [2.24, 2.45) is 12.8 Å². The van der Waals surface area contributed by atoms with Gasteiger partial charge in [-0.05, 0) is 12.5 Å². The van der Waals surface area contributed by atoms with Crippen LogP contribution in [-0.4, -0.2) is 31.8 Å². The third-order valence-corrected chi connectivity index (χ3v) is 4.62. The number of nitrogens with zero attached hydrogens (tertiary/aromatic N) is 3. The fraction of sp³-hybridized carbons (Fsp3) is 0.375. The van der Waals surface area contributed by atoms with Crippen LogP contribution in [0.2, 0.25) is 0 Å². The van der Waals surface area contributed by atoms with Crippen LogP contribution < -0.4 is 11.1 Å². The highest BCUT2D eigenvalue weighted by Crippen LogP contribution is 2.21. The predicted molar refractivity (Wildman–Crippen MR) is 92.1 cm³/mol. The van der Waals surface area contributed by atoms with Gasteiger partial charge >= 0.3 is 0 Å². The molecule has 1 atom stereocenters. The second-order valence-electron chi connectivity index (χ2n) is 5.39. The zero-order chi connectivity index (χ0) is 17.5. The van der Waals surface area contributed by atoms with Crippen molar-refractivity contribution < 1.29 is 9.59 Å². The van der Waals surface area contributed by atoms with Crippen molar-refractivity contribution in [1.29, 1.82) is 0 Å². The molecule has 0 aliphatic heterocycles. The normalized spacial score (nSPS) is 11.9. The highest BCUT2D eigenvalue weighted by molar-refractivity contribution is 8.00. The summed E-state index contributed by atoms with van der Waals surface area (Å²) in [5, 5.41) is 11.4. The molecule has 2 aromatic rings. The Hall–Kier alpha value is -2.35. The van der Waals surface area contributed by atoms with Crippen molar-refractivity contribution >= 4 is 23.6 Å². The van der Waals surface area contributed by atoms with Crippen LogP contribution in [0.3, 0.4) is 0 Å². The van der Waals surface area contributed by atoms with Gasteiger partial charge in [0, 0.05) is 26.4 Å². The van der Waals surface area contributed by atoms with Gasteiger partial charge in [-0.2, -0.15) is 0 Å². The molecule has 2 rings (SSSR count). The molecule has 0 saturated carbocycles. The minimum Gasteiger partial charge on any atom is -0.370 e. The van der Waals surface area contributed by atoms with Gasteiger partial charge in [-0.15, -0.1) is 10.2 Å². The second kappa shape index (κ2) is 8.49. The first-order chi connectivity index (χ1) is 11.5. The number of amides is 2. The van der Waals surface area contributed by atoms with E-state index in [4.69, 9.17) is 5.73 Å². The molecule has 1 heterocycles. The Morgan fingerprint density at radius 1 is 1.29 bits per heavy atom. The number of nitrogens with one attached hydrogen (secondary N) is 1. The van der Waals surface area contributed by atoms with E-state index in [1.165, 1.54) is 11.8 Å². The number of aryl methyl sites for hydroxylation is 1. The maximum Gasteiger partial charge on any atom is 0.233 e. The molecular formula is C16H21N5O2S. The topological polar surface area (TPSA) is 103 Å². The molecular weight excluding hydrogens is 326 g/mol. The van der Waals surface area contributed by atoms with Crippen LogP contribution >= 0.6 is 11.8 Å². The number of nitrogens with two attached hydrogens (primary N) is 1. The first-order valence-electron chi connectivity index (χ1n) is 7.62. The van der Waals surface area contributed by atoms with E-state index in [2.05, 4.69) is 15.5 Å². The Labute approximate surface area is 145 Å². The van der Waals surface area contributed by atoms with Crippen LogP contribution in [0, 0.1) is 0 Å². The molecule has 0 aliphatic rings. The lowest BCUT2D eigenvalue weighted by Crippen LogP contribution is -2.30. The van der Waals surface area contributed by atoms with E-state index in [0.717, 1.165) is 5.56 Å².